The maximum atomic E-state index is 13.1. The second-order valence-electron chi connectivity index (χ2n) is 28.1. The van der Waals surface area contributed by atoms with Crippen LogP contribution in [0.25, 0.3) is 0 Å². The molecule has 0 spiro atoms. The molecule has 0 fully saturated rings. The van der Waals surface area contributed by atoms with Gasteiger partial charge in [0.25, 0.3) is 0 Å². The third kappa shape index (κ3) is 68.4. The summed E-state index contributed by atoms with van der Waals surface area (Å²) in [6.45, 7) is 11.8. The number of phosphoric ester groups is 2. The van der Waals surface area contributed by atoms with E-state index in [1.54, 1.807) is 0 Å². The second kappa shape index (κ2) is 64.7. The van der Waals surface area contributed by atoms with Crippen LogP contribution in [-0.2, 0) is 65.4 Å². The van der Waals surface area contributed by atoms with E-state index in [1.165, 1.54) is 186 Å². The molecule has 0 amide bonds. The van der Waals surface area contributed by atoms with E-state index in [1.807, 2.05) is 0 Å². The molecule has 17 nitrogen and oxygen atoms in total. The van der Waals surface area contributed by atoms with Gasteiger partial charge in [-0.2, -0.15) is 0 Å². The van der Waals surface area contributed by atoms with Crippen LogP contribution in [0, 0.1) is 17.8 Å². The molecule has 0 aromatic carbocycles. The first-order valence-electron chi connectivity index (χ1n) is 38.3. The fraction of sp³-hybridized carbons (Fsp3) is 0.946. The van der Waals surface area contributed by atoms with Gasteiger partial charge in [0.05, 0.1) is 26.4 Å². The molecule has 0 radical (unpaired) electrons. The third-order valence-electron chi connectivity index (χ3n) is 17.1. The van der Waals surface area contributed by atoms with Gasteiger partial charge in [0.1, 0.15) is 19.3 Å². The first-order valence-corrected chi connectivity index (χ1v) is 41.3. The highest BCUT2D eigenvalue weighted by Crippen LogP contribution is 2.45. The molecule has 2 unspecified atom stereocenters. The van der Waals surface area contributed by atoms with Crippen molar-refractivity contribution in [2.75, 3.05) is 39.6 Å². The molecule has 93 heavy (non-hydrogen) atoms. The summed E-state index contributed by atoms with van der Waals surface area (Å²) in [5.74, 6) is 0.141. The number of ether oxygens (including phenoxy) is 4. The van der Waals surface area contributed by atoms with Crippen LogP contribution in [0.15, 0.2) is 0 Å². The Morgan fingerprint density at radius 3 is 0.731 bits per heavy atom. The van der Waals surface area contributed by atoms with Crippen molar-refractivity contribution < 1.29 is 80.2 Å². The van der Waals surface area contributed by atoms with Gasteiger partial charge >= 0.3 is 39.5 Å². The molecule has 0 heterocycles. The third-order valence-corrected chi connectivity index (χ3v) is 19.0. The number of hydrogen-bond donors (Lipinski definition) is 3. The number of aliphatic hydroxyl groups is 1. The minimum Gasteiger partial charge on any atom is -0.462 e. The zero-order chi connectivity index (χ0) is 68.7. The number of unbranched alkanes of at least 4 members (excludes halogenated alkanes) is 40. The molecule has 0 saturated carbocycles. The van der Waals surface area contributed by atoms with Gasteiger partial charge in [-0.15, -0.1) is 0 Å². The molecule has 0 saturated heterocycles. The maximum Gasteiger partial charge on any atom is 0.472 e. The van der Waals surface area contributed by atoms with Crippen molar-refractivity contribution in [1.82, 2.24) is 0 Å². The summed E-state index contributed by atoms with van der Waals surface area (Å²) < 4.78 is 68.4. The lowest BCUT2D eigenvalue weighted by atomic mass is 10.0. The number of phosphoric acid groups is 2. The standard InChI is InChI=1S/C74H144O17P2/c1-8-9-10-11-12-13-25-34-41-48-55-71(76)84-61-70(91-74(79)58-51-44-37-30-28-33-40-47-54-67(6)7)64-89-93(82,83)87-60-68(75)59-86-92(80,81)88-63-69(62-85-72(77)56-49-42-35-29-27-32-39-46-53-66(4)5)90-73(78)57-50-43-36-26-23-21-19-17-15-14-16-18-20-22-24-31-38-45-52-65(2)3/h65-70,75H,8-64H2,1-7H3,(H,80,81)(H,82,83)/t68-,69-,70-/m1/s1. The van der Waals surface area contributed by atoms with Crippen LogP contribution >= 0.6 is 15.6 Å². The minimum absolute atomic E-state index is 0.104. The molecular weight excluding hydrogens is 1220 g/mol. The van der Waals surface area contributed by atoms with Crippen molar-refractivity contribution in [3.05, 3.63) is 0 Å². The lowest BCUT2D eigenvalue weighted by molar-refractivity contribution is -0.161. The van der Waals surface area contributed by atoms with Crippen LogP contribution in [0.3, 0.4) is 0 Å². The molecule has 0 aliphatic carbocycles. The zero-order valence-corrected chi connectivity index (χ0v) is 62.5. The highest BCUT2D eigenvalue weighted by atomic mass is 31.2. The molecule has 5 atom stereocenters. The second-order valence-corrected chi connectivity index (χ2v) is 31.0. The Kier molecular flexibility index (Phi) is 63.4. The molecule has 0 aromatic rings. The highest BCUT2D eigenvalue weighted by molar-refractivity contribution is 7.47. The fourth-order valence-electron chi connectivity index (χ4n) is 11.2. The fourth-order valence-corrected chi connectivity index (χ4v) is 12.8. The molecule has 0 aromatic heterocycles. The van der Waals surface area contributed by atoms with Gasteiger partial charge in [0, 0.05) is 25.7 Å². The van der Waals surface area contributed by atoms with E-state index in [0.29, 0.717) is 25.7 Å². The average molecular weight is 1370 g/mol. The molecule has 0 bridgehead atoms. The van der Waals surface area contributed by atoms with Crippen LogP contribution < -0.4 is 0 Å². The topological polar surface area (TPSA) is 237 Å². The van der Waals surface area contributed by atoms with Crippen molar-refractivity contribution >= 4 is 39.5 Å². The Morgan fingerprint density at radius 2 is 0.495 bits per heavy atom. The lowest BCUT2D eigenvalue weighted by Crippen LogP contribution is -2.30. The summed E-state index contributed by atoms with van der Waals surface area (Å²) >= 11 is 0. The number of aliphatic hydroxyl groups excluding tert-OH is 1. The molecule has 552 valence electrons. The largest absolute Gasteiger partial charge is 0.472 e. The molecule has 0 aliphatic rings. The minimum atomic E-state index is -4.95. The van der Waals surface area contributed by atoms with Crippen LogP contribution in [0.5, 0.6) is 0 Å². The predicted octanol–water partition coefficient (Wildman–Crippen LogP) is 21.4. The number of carbonyl (C=O) groups is 4. The summed E-state index contributed by atoms with van der Waals surface area (Å²) in [4.78, 5) is 72.6. The van der Waals surface area contributed by atoms with Gasteiger partial charge in [-0.05, 0) is 43.4 Å². The monoisotopic (exact) mass is 1370 g/mol. The Bertz CT molecular complexity index is 1820. The van der Waals surface area contributed by atoms with Crippen molar-refractivity contribution in [3.8, 4) is 0 Å². The van der Waals surface area contributed by atoms with E-state index < -0.39 is 97.5 Å². The number of carbonyl (C=O) groups excluding carboxylic acids is 4. The molecule has 19 heteroatoms. The van der Waals surface area contributed by atoms with Gasteiger partial charge in [0.15, 0.2) is 12.2 Å². The normalized spacial score (nSPS) is 14.1. The van der Waals surface area contributed by atoms with Gasteiger partial charge < -0.3 is 33.8 Å². The Morgan fingerprint density at radius 1 is 0.290 bits per heavy atom. The maximum absolute atomic E-state index is 13.1. The van der Waals surface area contributed by atoms with Crippen LogP contribution in [0.1, 0.15) is 376 Å². The van der Waals surface area contributed by atoms with Crippen molar-refractivity contribution in [3.63, 3.8) is 0 Å². The van der Waals surface area contributed by atoms with E-state index in [-0.39, 0.29) is 25.7 Å². The van der Waals surface area contributed by atoms with E-state index in [9.17, 15) is 43.2 Å². The quantitative estimate of drug-likeness (QED) is 0.0222. The molecular formula is C74H144O17P2. The number of hydrogen-bond acceptors (Lipinski definition) is 15. The summed E-state index contributed by atoms with van der Waals surface area (Å²) in [7, 11) is -9.90. The van der Waals surface area contributed by atoms with Crippen LogP contribution in [0.2, 0.25) is 0 Å². The van der Waals surface area contributed by atoms with Crippen molar-refractivity contribution in [1.29, 1.82) is 0 Å². The Labute approximate surface area is 568 Å². The summed E-state index contributed by atoms with van der Waals surface area (Å²) in [5.41, 5.74) is 0. The van der Waals surface area contributed by atoms with Crippen LogP contribution in [-0.4, -0.2) is 96.7 Å². The summed E-state index contributed by atoms with van der Waals surface area (Å²) in [5, 5.41) is 10.6. The smallest absolute Gasteiger partial charge is 0.462 e. The van der Waals surface area contributed by atoms with Crippen LogP contribution in [0.4, 0.5) is 0 Å². The van der Waals surface area contributed by atoms with Crippen molar-refractivity contribution in [2.45, 2.75) is 394 Å². The highest BCUT2D eigenvalue weighted by Gasteiger charge is 2.30. The first-order chi connectivity index (χ1) is 44.7. The summed E-state index contributed by atoms with van der Waals surface area (Å²) in [6, 6.07) is 0. The number of esters is 4. The lowest BCUT2D eigenvalue weighted by Gasteiger charge is -2.21. The Balaban J connectivity index is 5.17. The van der Waals surface area contributed by atoms with Gasteiger partial charge in [0.2, 0.25) is 0 Å². The van der Waals surface area contributed by atoms with E-state index in [0.717, 1.165) is 108 Å². The van der Waals surface area contributed by atoms with Gasteiger partial charge in [-0.1, -0.05) is 325 Å². The Hall–Kier alpha value is -1.94. The SMILES string of the molecule is CCCCCCCCCCCCC(=O)OC[C@H](COP(=O)(O)OC[C@H](O)COP(=O)(O)OC[C@@H](COC(=O)CCCCCCCCCCC(C)C)OC(=O)CCCCCCCCCCCCCCCCCCCCC(C)C)OC(=O)CCCCCCCCCCC(C)C. The molecule has 0 rings (SSSR count). The predicted molar refractivity (Wildman–Crippen MR) is 377 cm³/mol. The van der Waals surface area contributed by atoms with Gasteiger partial charge in [-0.25, -0.2) is 9.13 Å². The van der Waals surface area contributed by atoms with E-state index in [4.69, 9.17) is 37.0 Å². The molecule has 0 aliphatic heterocycles. The average Bonchev–Trinajstić information content (AvgIpc) is 1.88. The molecule has 3 N–H and O–H groups in total. The zero-order valence-electron chi connectivity index (χ0n) is 60.7. The van der Waals surface area contributed by atoms with E-state index in [2.05, 4.69) is 48.5 Å². The summed E-state index contributed by atoms with van der Waals surface area (Å²) in [6.07, 6.45) is 50.1. The first kappa shape index (κ1) is 91.1. The van der Waals surface area contributed by atoms with Crippen molar-refractivity contribution in [2.24, 2.45) is 17.8 Å². The van der Waals surface area contributed by atoms with Gasteiger partial charge in [-0.3, -0.25) is 37.3 Å². The van der Waals surface area contributed by atoms with E-state index >= 15 is 0 Å². The number of rotatable bonds is 72.